The average Bonchev–Trinajstić information content (AvgIpc) is 3.22. The molecule has 5 aromatic rings. The van der Waals surface area contributed by atoms with Crippen molar-refractivity contribution in [3.63, 3.8) is 0 Å². The van der Waals surface area contributed by atoms with Crippen LogP contribution >= 0.6 is 0 Å². The monoisotopic (exact) mass is 504 g/mol. The molecule has 4 aromatic carbocycles. The van der Waals surface area contributed by atoms with Gasteiger partial charge in [-0.25, -0.2) is 0 Å². The van der Waals surface area contributed by atoms with Crippen LogP contribution in [0.25, 0.3) is 38.7 Å². The number of aromatic nitrogens is 1. The Morgan fingerprint density at radius 1 is 0.821 bits per heavy atom. The molecule has 0 aliphatic heterocycles. The van der Waals surface area contributed by atoms with Gasteiger partial charge in [0.1, 0.15) is 0 Å². The Morgan fingerprint density at radius 3 is 2.46 bits per heavy atom. The van der Waals surface area contributed by atoms with Crippen molar-refractivity contribution in [1.29, 1.82) is 0 Å². The maximum Gasteiger partial charge on any atom is 0.0722 e. The molecular formula is C37H32N2. The molecule has 0 amide bonds. The number of anilines is 2. The second-order valence-electron chi connectivity index (χ2n) is 11.4. The van der Waals surface area contributed by atoms with Crippen LogP contribution in [-0.4, -0.2) is 4.98 Å². The van der Waals surface area contributed by atoms with Gasteiger partial charge < -0.3 is 5.32 Å². The van der Waals surface area contributed by atoms with Crippen molar-refractivity contribution in [1.82, 2.24) is 4.98 Å². The van der Waals surface area contributed by atoms with E-state index in [0.717, 1.165) is 29.1 Å². The Labute approximate surface area is 230 Å². The molecule has 0 bridgehead atoms. The van der Waals surface area contributed by atoms with E-state index >= 15 is 0 Å². The number of benzene rings is 4. The van der Waals surface area contributed by atoms with Crippen LogP contribution in [0.2, 0.25) is 0 Å². The molecule has 0 spiro atoms. The van der Waals surface area contributed by atoms with Crippen molar-refractivity contribution >= 4 is 27.7 Å². The van der Waals surface area contributed by atoms with Crippen molar-refractivity contribution in [2.24, 2.45) is 5.92 Å². The highest BCUT2D eigenvalue weighted by Gasteiger charge is 2.42. The van der Waals surface area contributed by atoms with Gasteiger partial charge in [0.25, 0.3) is 0 Å². The molecule has 1 N–H and O–H groups in total. The summed E-state index contributed by atoms with van der Waals surface area (Å²) in [5, 5.41) is 6.40. The van der Waals surface area contributed by atoms with Crippen LogP contribution in [0.4, 0.5) is 11.4 Å². The number of allylic oxidation sites excluding steroid dienone is 4. The molecule has 0 radical (unpaired) electrons. The molecule has 0 fully saturated rings. The van der Waals surface area contributed by atoms with Gasteiger partial charge in [0.15, 0.2) is 0 Å². The molecule has 0 saturated heterocycles. The highest BCUT2D eigenvalue weighted by atomic mass is 14.9. The smallest absolute Gasteiger partial charge is 0.0722 e. The number of hydrogen-bond donors (Lipinski definition) is 1. The lowest BCUT2D eigenvalue weighted by atomic mass is 9.73. The number of hydrogen-bond acceptors (Lipinski definition) is 2. The predicted octanol–water partition coefficient (Wildman–Crippen LogP) is 9.95. The Bertz CT molecular complexity index is 1790. The van der Waals surface area contributed by atoms with Gasteiger partial charge >= 0.3 is 0 Å². The fourth-order valence-corrected chi connectivity index (χ4v) is 6.91. The molecule has 2 aliphatic carbocycles. The van der Waals surface area contributed by atoms with E-state index in [1.165, 1.54) is 38.6 Å². The van der Waals surface area contributed by atoms with Gasteiger partial charge in [0.2, 0.25) is 0 Å². The first-order valence-corrected chi connectivity index (χ1v) is 13.9. The van der Waals surface area contributed by atoms with E-state index in [2.05, 4.69) is 128 Å². The molecule has 1 unspecified atom stereocenters. The first-order valence-electron chi connectivity index (χ1n) is 13.9. The zero-order chi connectivity index (χ0) is 26.6. The zero-order valence-corrected chi connectivity index (χ0v) is 22.7. The van der Waals surface area contributed by atoms with Gasteiger partial charge in [-0.1, -0.05) is 106 Å². The number of nitrogens with one attached hydrogen (secondary N) is 1. The average molecular weight is 505 g/mol. The molecule has 39 heavy (non-hydrogen) atoms. The van der Waals surface area contributed by atoms with Gasteiger partial charge in [-0.2, -0.15) is 0 Å². The van der Waals surface area contributed by atoms with E-state index in [0.29, 0.717) is 5.92 Å². The van der Waals surface area contributed by atoms with Crippen molar-refractivity contribution in [2.45, 2.75) is 32.6 Å². The molecular weight excluding hydrogens is 472 g/mol. The third-order valence-electron chi connectivity index (χ3n) is 8.50. The lowest BCUT2D eigenvalue weighted by Crippen LogP contribution is -2.22. The normalized spacial score (nSPS) is 17.3. The summed E-state index contributed by atoms with van der Waals surface area (Å²) >= 11 is 0. The Hall–Kier alpha value is -4.43. The van der Waals surface area contributed by atoms with Crippen molar-refractivity contribution in [3.8, 4) is 22.4 Å². The molecule has 1 aromatic heterocycles. The van der Waals surface area contributed by atoms with Crippen LogP contribution in [0, 0.1) is 5.92 Å². The van der Waals surface area contributed by atoms with Gasteiger partial charge in [-0.15, -0.1) is 0 Å². The predicted molar refractivity (Wildman–Crippen MR) is 165 cm³/mol. The van der Waals surface area contributed by atoms with Crippen LogP contribution in [0.15, 0.2) is 121 Å². The number of para-hydroxylation sites is 1. The van der Waals surface area contributed by atoms with Gasteiger partial charge in [0, 0.05) is 34.1 Å². The topological polar surface area (TPSA) is 24.9 Å². The van der Waals surface area contributed by atoms with Crippen LogP contribution in [0.1, 0.15) is 38.3 Å². The summed E-state index contributed by atoms with van der Waals surface area (Å²) in [5.74, 6) is 0.528. The Balaban J connectivity index is 1.42. The second-order valence-corrected chi connectivity index (χ2v) is 11.4. The highest BCUT2D eigenvalue weighted by molar-refractivity contribution is 6.06. The summed E-state index contributed by atoms with van der Waals surface area (Å²) in [5.41, 5.74) is 12.5. The number of fused-ring (bicyclic) bond motifs is 4. The highest BCUT2D eigenvalue weighted by Crippen LogP contribution is 2.57. The van der Waals surface area contributed by atoms with Crippen molar-refractivity contribution in [2.75, 3.05) is 5.32 Å². The lowest BCUT2D eigenvalue weighted by molar-refractivity contribution is 0.533. The van der Waals surface area contributed by atoms with Crippen LogP contribution in [-0.2, 0) is 5.41 Å². The van der Waals surface area contributed by atoms with Gasteiger partial charge in [-0.05, 0) is 75.2 Å². The largest absolute Gasteiger partial charge is 0.355 e. The first-order chi connectivity index (χ1) is 19.0. The van der Waals surface area contributed by atoms with Crippen molar-refractivity contribution < 1.29 is 0 Å². The molecule has 1 heterocycles. The molecule has 2 heteroatoms. The third kappa shape index (κ3) is 3.82. The zero-order valence-electron chi connectivity index (χ0n) is 22.7. The maximum atomic E-state index is 4.63. The summed E-state index contributed by atoms with van der Waals surface area (Å²) in [6.07, 6.45) is 7.73. The number of rotatable bonds is 4. The van der Waals surface area contributed by atoms with Gasteiger partial charge in [0.05, 0.1) is 5.69 Å². The molecule has 1 atom stereocenters. The summed E-state index contributed by atoms with van der Waals surface area (Å²) in [4.78, 5) is 4.63. The molecule has 0 saturated carbocycles. The minimum Gasteiger partial charge on any atom is -0.355 e. The minimum absolute atomic E-state index is 0.0253. The van der Waals surface area contributed by atoms with E-state index in [4.69, 9.17) is 0 Å². The van der Waals surface area contributed by atoms with Crippen molar-refractivity contribution in [3.05, 3.63) is 132 Å². The standard InChI is InChI=1S/C37H32N2/c1-24-12-11-18-30-34-31(22-26-15-7-8-16-28(26)36(34)37(2,3)35(24)30)29-17-9-10-19-32(29)39-27-20-21-38-33(23-27)25-13-5-4-6-14-25/h4-11,13-24H,12H2,1-3H3,(H,38,39). The number of pyridine rings is 1. The molecule has 190 valence electrons. The number of nitrogens with zero attached hydrogens (tertiary/aromatic N) is 1. The van der Waals surface area contributed by atoms with E-state index < -0.39 is 0 Å². The van der Waals surface area contributed by atoms with E-state index in [1.54, 1.807) is 5.57 Å². The SMILES string of the molecule is CC1CC=CC2=C1C(C)(C)c1c2c(-c2ccccc2Nc2ccnc(-c3ccccc3)c2)cc2ccccc12. The fourth-order valence-electron chi connectivity index (χ4n) is 6.91. The first kappa shape index (κ1) is 23.7. The van der Waals surface area contributed by atoms with Crippen LogP contribution in [0.3, 0.4) is 0 Å². The molecule has 2 aliphatic rings. The Kier molecular flexibility index (Phi) is 5.52. The second kappa shape index (κ2) is 9.10. The summed E-state index contributed by atoms with van der Waals surface area (Å²) < 4.78 is 0. The van der Waals surface area contributed by atoms with Crippen LogP contribution < -0.4 is 5.32 Å². The third-order valence-corrected chi connectivity index (χ3v) is 8.50. The molecule has 2 nitrogen and oxygen atoms in total. The molecule has 7 rings (SSSR count). The van der Waals surface area contributed by atoms with Gasteiger partial charge in [-0.3, -0.25) is 4.98 Å². The maximum absolute atomic E-state index is 4.63. The minimum atomic E-state index is -0.0253. The summed E-state index contributed by atoms with van der Waals surface area (Å²) in [6.45, 7) is 7.23. The summed E-state index contributed by atoms with van der Waals surface area (Å²) in [6, 6.07) is 34.5. The fraction of sp³-hybridized carbons (Fsp3) is 0.162. The van der Waals surface area contributed by atoms with E-state index in [1.807, 2.05) is 18.3 Å². The van der Waals surface area contributed by atoms with Crippen LogP contribution in [0.5, 0.6) is 0 Å². The quantitative estimate of drug-likeness (QED) is 0.263. The van der Waals surface area contributed by atoms with E-state index in [-0.39, 0.29) is 5.41 Å². The Morgan fingerprint density at radius 2 is 1.59 bits per heavy atom. The summed E-state index contributed by atoms with van der Waals surface area (Å²) in [7, 11) is 0. The lowest BCUT2D eigenvalue weighted by Gasteiger charge is -2.31. The van der Waals surface area contributed by atoms with E-state index in [9.17, 15) is 0 Å².